The van der Waals surface area contributed by atoms with Gasteiger partial charge in [-0.2, -0.15) is 0 Å². The summed E-state index contributed by atoms with van der Waals surface area (Å²) in [6.07, 6.45) is 6.61. The van der Waals surface area contributed by atoms with Crippen LogP contribution in [0.4, 0.5) is 0 Å². The van der Waals surface area contributed by atoms with Crippen LogP contribution in [-0.4, -0.2) is 16.1 Å². The van der Waals surface area contributed by atoms with Crippen LogP contribution in [0.25, 0.3) is 10.9 Å². The van der Waals surface area contributed by atoms with Crippen molar-refractivity contribution in [3.8, 4) is 0 Å². The van der Waals surface area contributed by atoms with E-state index in [-0.39, 0.29) is 17.5 Å². The van der Waals surface area contributed by atoms with Crippen LogP contribution >= 0.6 is 23.2 Å². The normalized spacial score (nSPS) is 18.9. The highest BCUT2D eigenvalue weighted by Gasteiger charge is 2.41. The molecule has 0 amide bonds. The standard InChI is InChI=1S/C28H24Cl2N2O2/c29-19-12-11-16(13-20(19)30)14-32-15-18(17-5-1-2-8-23(17)32)26-27-21(6-3-9-24(27)33)31-22-7-4-10-25(34)28(22)26/h1-2,5,8,11-13,15,26,31H,3-4,6-7,9-10,14H2. The van der Waals surface area contributed by atoms with E-state index < -0.39 is 0 Å². The van der Waals surface area contributed by atoms with Crippen LogP contribution in [0.5, 0.6) is 0 Å². The summed E-state index contributed by atoms with van der Waals surface area (Å²) >= 11 is 12.4. The molecule has 2 aliphatic carbocycles. The van der Waals surface area contributed by atoms with Crippen molar-refractivity contribution in [2.24, 2.45) is 0 Å². The van der Waals surface area contributed by atoms with Crippen LogP contribution in [0.15, 0.2) is 71.2 Å². The molecule has 3 aromatic rings. The number of allylic oxidation sites excluding steroid dienone is 4. The van der Waals surface area contributed by atoms with Gasteiger partial charge in [-0.05, 0) is 55.0 Å². The van der Waals surface area contributed by atoms with Gasteiger partial charge < -0.3 is 9.88 Å². The second-order valence-corrected chi connectivity index (χ2v) is 10.2. The van der Waals surface area contributed by atoms with Crippen molar-refractivity contribution in [2.75, 3.05) is 0 Å². The number of nitrogens with zero attached hydrogens (tertiary/aromatic N) is 1. The third kappa shape index (κ3) is 3.52. The minimum Gasteiger partial charge on any atom is -0.362 e. The fraction of sp³-hybridized carbons (Fsp3) is 0.286. The number of rotatable bonds is 3. The molecule has 0 saturated heterocycles. The Hall–Kier alpha value is -2.82. The van der Waals surface area contributed by atoms with Gasteiger partial charge in [0.2, 0.25) is 0 Å². The van der Waals surface area contributed by atoms with Crippen molar-refractivity contribution < 1.29 is 9.59 Å². The zero-order valence-electron chi connectivity index (χ0n) is 18.7. The zero-order valence-corrected chi connectivity index (χ0v) is 20.2. The third-order valence-corrected chi connectivity index (χ3v) is 8.00. The van der Waals surface area contributed by atoms with Crippen LogP contribution in [0.2, 0.25) is 10.0 Å². The van der Waals surface area contributed by atoms with Crippen LogP contribution < -0.4 is 5.32 Å². The predicted octanol–water partition coefficient (Wildman–Crippen LogP) is 6.70. The number of Topliss-reactive ketones (excluding diaryl/α,β-unsaturated/α-hetero) is 2. The first-order valence-electron chi connectivity index (χ1n) is 11.8. The Morgan fingerprint density at radius 1 is 0.853 bits per heavy atom. The van der Waals surface area contributed by atoms with Gasteiger partial charge in [-0.15, -0.1) is 0 Å². The molecule has 172 valence electrons. The summed E-state index contributed by atoms with van der Waals surface area (Å²) in [5.74, 6) is 0.00165. The van der Waals surface area contributed by atoms with Crippen LogP contribution in [-0.2, 0) is 16.1 Å². The predicted molar refractivity (Wildman–Crippen MR) is 135 cm³/mol. The van der Waals surface area contributed by atoms with Crippen molar-refractivity contribution in [1.29, 1.82) is 0 Å². The molecule has 0 bridgehead atoms. The van der Waals surface area contributed by atoms with E-state index in [1.54, 1.807) is 0 Å². The fourth-order valence-corrected chi connectivity index (χ4v) is 6.09. The number of nitrogens with one attached hydrogen (secondary N) is 1. The van der Waals surface area contributed by atoms with Gasteiger partial charge >= 0.3 is 0 Å². The maximum atomic E-state index is 13.2. The van der Waals surface area contributed by atoms with Crippen LogP contribution in [0, 0.1) is 0 Å². The number of ketones is 2. The fourth-order valence-electron chi connectivity index (χ4n) is 5.77. The molecule has 0 spiro atoms. The average molecular weight is 491 g/mol. The maximum absolute atomic E-state index is 13.2. The monoisotopic (exact) mass is 490 g/mol. The number of hydrogen-bond acceptors (Lipinski definition) is 3. The molecule has 2 heterocycles. The summed E-state index contributed by atoms with van der Waals surface area (Å²) in [4.78, 5) is 26.5. The van der Waals surface area contributed by atoms with Gasteiger partial charge in [-0.25, -0.2) is 0 Å². The molecule has 0 fully saturated rings. The molecule has 0 atom stereocenters. The van der Waals surface area contributed by atoms with E-state index in [0.717, 1.165) is 70.3 Å². The zero-order chi connectivity index (χ0) is 23.4. The van der Waals surface area contributed by atoms with Crippen molar-refractivity contribution >= 4 is 45.7 Å². The summed E-state index contributed by atoms with van der Waals surface area (Å²) in [6.45, 7) is 0.613. The van der Waals surface area contributed by atoms with Crippen molar-refractivity contribution in [3.63, 3.8) is 0 Å². The summed E-state index contributed by atoms with van der Waals surface area (Å²) in [5.41, 5.74) is 6.73. The molecule has 34 heavy (non-hydrogen) atoms. The number of fused-ring (bicyclic) bond motifs is 1. The molecule has 1 N–H and O–H groups in total. The topological polar surface area (TPSA) is 51.1 Å². The number of hydrogen-bond donors (Lipinski definition) is 1. The lowest BCUT2D eigenvalue weighted by atomic mass is 9.71. The number of para-hydroxylation sites is 1. The minimum atomic E-state index is -0.313. The van der Waals surface area contributed by atoms with E-state index >= 15 is 0 Å². The second kappa shape index (κ2) is 8.44. The van der Waals surface area contributed by atoms with E-state index in [1.165, 1.54) is 0 Å². The molecule has 6 heteroatoms. The number of aromatic nitrogens is 1. The molecule has 1 aromatic heterocycles. The highest BCUT2D eigenvalue weighted by molar-refractivity contribution is 6.42. The third-order valence-electron chi connectivity index (χ3n) is 7.26. The van der Waals surface area contributed by atoms with E-state index in [9.17, 15) is 9.59 Å². The molecule has 6 rings (SSSR count). The van der Waals surface area contributed by atoms with Crippen molar-refractivity contribution in [2.45, 2.75) is 51.0 Å². The summed E-state index contributed by atoms with van der Waals surface area (Å²) < 4.78 is 2.19. The Morgan fingerprint density at radius 3 is 2.21 bits per heavy atom. The van der Waals surface area contributed by atoms with E-state index in [0.29, 0.717) is 29.4 Å². The van der Waals surface area contributed by atoms with Crippen molar-refractivity contribution in [3.05, 3.63) is 92.4 Å². The lowest BCUT2D eigenvalue weighted by molar-refractivity contribution is -0.116. The Kier molecular flexibility index (Phi) is 5.39. The summed E-state index contributed by atoms with van der Waals surface area (Å²) in [7, 11) is 0. The molecule has 2 aromatic carbocycles. The van der Waals surface area contributed by atoms with Gasteiger partial charge in [0.15, 0.2) is 11.6 Å². The first-order valence-corrected chi connectivity index (χ1v) is 12.6. The summed E-state index contributed by atoms with van der Waals surface area (Å²) in [5, 5.41) is 5.64. The lowest BCUT2D eigenvalue weighted by Crippen LogP contribution is -2.36. The van der Waals surface area contributed by atoms with Crippen LogP contribution in [0.3, 0.4) is 0 Å². The number of halogens is 2. The van der Waals surface area contributed by atoms with Gasteiger partial charge in [-0.3, -0.25) is 9.59 Å². The molecule has 0 unspecified atom stereocenters. The highest BCUT2D eigenvalue weighted by Crippen LogP contribution is 2.47. The molecule has 1 aliphatic heterocycles. The highest BCUT2D eigenvalue weighted by atomic mass is 35.5. The average Bonchev–Trinajstić information content (AvgIpc) is 3.19. The Bertz CT molecular complexity index is 1390. The van der Waals surface area contributed by atoms with Gasteiger partial charge in [0.25, 0.3) is 0 Å². The largest absolute Gasteiger partial charge is 0.362 e. The Morgan fingerprint density at radius 2 is 1.53 bits per heavy atom. The van der Waals surface area contributed by atoms with Crippen molar-refractivity contribution in [1.82, 2.24) is 9.88 Å². The first-order chi connectivity index (χ1) is 16.5. The number of dihydropyridines is 1. The van der Waals surface area contributed by atoms with Gasteiger partial charge in [0.1, 0.15) is 0 Å². The molecule has 3 aliphatic rings. The van der Waals surface area contributed by atoms with Gasteiger partial charge in [-0.1, -0.05) is 47.5 Å². The van der Waals surface area contributed by atoms with Gasteiger partial charge in [0.05, 0.1) is 10.0 Å². The van der Waals surface area contributed by atoms with Gasteiger partial charge in [0, 0.05) is 64.9 Å². The van der Waals surface area contributed by atoms with E-state index in [4.69, 9.17) is 23.2 Å². The minimum absolute atomic E-state index is 0.157. The van der Waals surface area contributed by atoms with E-state index in [2.05, 4.69) is 28.2 Å². The molecular weight excluding hydrogens is 467 g/mol. The number of benzene rings is 2. The molecular formula is C28H24Cl2N2O2. The smallest absolute Gasteiger partial charge is 0.161 e. The molecule has 4 nitrogen and oxygen atoms in total. The number of carbonyl (C=O) groups excluding carboxylic acids is 2. The first kappa shape index (κ1) is 21.7. The SMILES string of the molecule is O=C1CCCC2=C1C(c1cn(Cc3ccc(Cl)c(Cl)c3)c3ccccc13)C1=C(CCCC1=O)N2. The quantitative estimate of drug-likeness (QED) is 0.444. The summed E-state index contributed by atoms with van der Waals surface area (Å²) in [6, 6.07) is 13.9. The maximum Gasteiger partial charge on any atom is 0.161 e. The molecule has 0 radical (unpaired) electrons. The Labute approximate surface area is 208 Å². The number of carbonyl (C=O) groups is 2. The Balaban J connectivity index is 1.54. The molecule has 0 saturated carbocycles. The van der Waals surface area contributed by atoms with Crippen LogP contribution in [0.1, 0.15) is 55.6 Å². The lowest BCUT2D eigenvalue weighted by Gasteiger charge is -2.37. The second-order valence-electron chi connectivity index (χ2n) is 9.37. The van der Waals surface area contributed by atoms with E-state index in [1.807, 2.05) is 30.3 Å².